The summed E-state index contributed by atoms with van der Waals surface area (Å²) in [6.07, 6.45) is 2.82. The third-order valence-corrected chi connectivity index (χ3v) is 2.97. The molecule has 20 heavy (non-hydrogen) atoms. The Morgan fingerprint density at radius 1 is 1.60 bits per heavy atom. The van der Waals surface area contributed by atoms with Gasteiger partial charge in [-0.25, -0.2) is 4.98 Å². The van der Waals surface area contributed by atoms with E-state index in [4.69, 9.17) is 11.6 Å². The van der Waals surface area contributed by atoms with Crippen LogP contribution in [0.2, 0.25) is 5.15 Å². The van der Waals surface area contributed by atoms with Crippen molar-refractivity contribution in [1.82, 2.24) is 9.55 Å². The van der Waals surface area contributed by atoms with Crippen LogP contribution in [0.15, 0.2) is 30.6 Å². The van der Waals surface area contributed by atoms with Crippen molar-refractivity contribution in [3.05, 3.63) is 51.6 Å². The second-order valence-corrected chi connectivity index (χ2v) is 4.28. The van der Waals surface area contributed by atoms with E-state index in [1.165, 1.54) is 23.0 Å². The van der Waals surface area contributed by atoms with E-state index in [0.717, 1.165) is 0 Å². The summed E-state index contributed by atoms with van der Waals surface area (Å²) in [4.78, 5) is 26.2. The lowest BCUT2D eigenvalue weighted by atomic mass is 10.3. The van der Waals surface area contributed by atoms with E-state index >= 15 is 0 Å². The molecule has 0 saturated carbocycles. The molecule has 104 valence electrons. The smallest absolute Gasteiger partial charge is 0.287 e. The summed E-state index contributed by atoms with van der Waals surface area (Å²) in [6, 6.07) is 4.45. The molecule has 0 aliphatic carbocycles. The van der Waals surface area contributed by atoms with Crippen molar-refractivity contribution >= 4 is 28.9 Å². The highest BCUT2D eigenvalue weighted by Gasteiger charge is 2.19. The van der Waals surface area contributed by atoms with Crippen LogP contribution in [0.4, 0.5) is 11.4 Å². The minimum Gasteiger partial charge on any atom is -0.337 e. The van der Waals surface area contributed by atoms with Crippen LogP contribution in [0.5, 0.6) is 0 Å². The van der Waals surface area contributed by atoms with Gasteiger partial charge in [-0.05, 0) is 19.1 Å². The summed E-state index contributed by atoms with van der Waals surface area (Å²) >= 11 is 5.84. The molecule has 0 unspecified atom stereocenters. The van der Waals surface area contributed by atoms with Crippen LogP contribution in [0.1, 0.15) is 17.4 Å². The van der Waals surface area contributed by atoms with Crippen LogP contribution in [0.3, 0.4) is 0 Å². The number of carbonyl (C=O) groups is 1. The van der Waals surface area contributed by atoms with Gasteiger partial charge in [-0.3, -0.25) is 14.9 Å². The van der Waals surface area contributed by atoms with E-state index < -0.39 is 10.8 Å². The van der Waals surface area contributed by atoms with E-state index in [9.17, 15) is 14.9 Å². The Kier molecular flexibility index (Phi) is 3.99. The van der Waals surface area contributed by atoms with Crippen molar-refractivity contribution in [2.24, 2.45) is 0 Å². The maximum absolute atomic E-state index is 12.1. The minimum absolute atomic E-state index is 0.130. The van der Waals surface area contributed by atoms with Gasteiger partial charge in [0.2, 0.25) is 0 Å². The Morgan fingerprint density at radius 3 is 2.95 bits per heavy atom. The van der Waals surface area contributed by atoms with Crippen molar-refractivity contribution in [1.29, 1.82) is 0 Å². The molecular formula is C12H11ClN4O3. The Hall–Kier alpha value is -2.41. The molecule has 2 aromatic rings. The Labute approximate surface area is 119 Å². The van der Waals surface area contributed by atoms with Gasteiger partial charge in [0.25, 0.3) is 11.6 Å². The predicted molar refractivity (Wildman–Crippen MR) is 74.0 cm³/mol. The molecule has 0 aliphatic rings. The standard InChI is InChI=1S/C12H11ClN4O3/c1-2-16-7-8(17(19)20)6-10(16)12(18)15-9-4-3-5-14-11(9)13/h3-7H,2H2,1H3,(H,15,18). The zero-order chi connectivity index (χ0) is 14.7. The maximum Gasteiger partial charge on any atom is 0.287 e. The van der Waals surface area contributed by atoms with Crippen molar-refractivity contribution < 1.29 is 9.72 Å². The van der Waals surface area contributed by atoms with Crippen LogP contribution in [-0.2, 0) is 6.54 Å². The molecule has 0 aromatic carbocycles. The van der Waals surface area contributed by atoms with Gasteiger partial charge >= 0.3 is 0 Å². The molecule has 8 heteroatoms. The summed E-state index contributed by atoms with van der Waals surface area (Å²) in [5.74, 6) is -0.477. The molecule has 2 rings (SSSR count). The Bertz CT molecular complexity index is 668. The highest BCUT2D eigenvalue weighted by Crippen LogP contribution is 2.21. The van der Waals surface area contributed by atoms with Gasteiger partial charge in [0.05, 0.1) is 16.8 Å². The van der Waals surface area contributed by atoms with Crippen molar-refractivity contribution in [2.75, 3.05) is 5.32 Å². The van der Waals surface area contributed by atoms with Gasteiger partial charge in [0.1, 0.15) is 5.69 Å². The monoisotopic (exact) mass is 294 g/mol. The number of hydrogen-bond donors (Lipinski definition) is 1. The first kappa shape index (κ1) is 14.0. The number of anilines is 1. The molecule has 0 spiro atoms. The third-order valence-electron chi connectivity index (χ3n) is 2.67. The first-order valence-corrected chi connectivity index (χ1v) is 6.17. The van der Waals surface area contributed by atoms with E-state index in [1.807, 2.05) is 0 Å². The van der Waals surface area contributed by atoms with Crippen LogP contribution < -0.4 is 5.32 Å². The average Bonchev–Trinajstić information content (AvgIpc) is 2.85. The quantitative estimate of drug-likeness (QED) is 0.533. The summed E-state index contributed by atoms with van der Waals surface area (Å²) in [7, 11) is 0. The highest BCUT2D eigenvalue weighted by molar-refractivity contribution is 6.32. The number of aromatic nitrogens is 2. The molecule has 2 aromatic heterocycles. The van der Waals surface area contributed by atoms with Gasteiger partial charge in [0, 0.05) is 18.8 Å². The lowest BCUT2D eigenvalue weighted by molar-refractivity contribution is -0.384. The zero-order valence-electron chi connectivity index (χ0n) is 10.5. The first-order chi connectivity index (χ1) is 9.52. The Balaban J connectivity index is 2.29. The fourth-order valence-electron chi connectivity index (χ4n) is 1.71. The normalized spacial score (nSPS) is 10.3. The molecule has 0 saturated heterocycles. The summed E-state index contributed by atoms with van der Waals surface area (Å²) in [5, 5.41) is 13.5. The molecule has 1 amide bonds. The van der Waals surface area contributed by atoms with Gasteiger partial charge in [0.15, 0.2) is 5.15 Å². The molecule has 7 nitrogen and oxygen atoms in total. The number of halogens is 1. The molecule has 0 radical (unpaired) electrons. The third kappa shape index (κ3) is 2.77. The molecule has 0 fully saturated rings. The molecular weight excluding hydrogens is 284 g/mol. The topological polar surface area (TPSA) is 90.1 Å². The number of carbonyl (C=O) groups excluding carboxylic acids is 1. The van der Waals surface area contributed by atoms with Gasteiger partial charge in [-0.1, -0.05) is 11.6 Å². The number of nitro groups is 1. The maximum atomic E-state index is 12.1. The number of rotatable bonds is 4. The minimum atomic E-state index is -0.542. The molecule has 0 aliphatic heterocycles. The highest BCUT2D eigenvalue weighted by atomic mass is 35.5. The van der Waals surface area contributed by atoms with Crippen LogP contribution in [-0.4, -0.2) is 20.4 Å². The molecule has 0 bridgehead atoms. The summed E-state index contributed by atoms with van der Waals surface area (Å²) < 4.78 is 1.50. The molecule has 2 heterocycles. The number of pyridine rings is 1. The predicted octanol–water partition coefficient (Wildman–Crippen LogP) is 2.72. The number of hydrogen-bond acceptors (Lipinski definition) is 4. The van der Waals surface area contributed by atoms with Crippen LogP contribution in [0, 0.1) is 10.1 Å². The largest absolute Gasteiger partial charge is 0.337 e. The summed E-state index contributed by atoms with van der Waals surface area (Å²) in [6.45, 7) is 2.23. The van der Waals surface area contributed by atoms with E-state index in [1.54, 1.807) is 19.1 Å². The second kappa shape index (κ2) is 5.70. The number of amides is 1. The Morgan fingerprint density at radius 2 is 2.35 bits per heavy atom. The summed E-state index contributed by atoms with van der Waals surface area (Å²) in [5.41, 5.74) is 0.416. The van der Waals surface area contributed by atoms with Crippen LogP contribution >= 0.6 is 11.6 Å². The van der Waals surface area contributed by atoms with Crippen molar-refractivity contribution in [3.8, 4) is 0 Å². The second-order valence-electron chi connectivity index (χ2n) is 3.92. The zero-order valence-corrected chi connectivity index (χ0v) is 11.3. The van der Waals surface area contributed by atoms with Crippen LogP contribution in [0.25, 0.3) is 0 Å². The lowest BCUT2D eigenvalue weighted by Gasteiger charge is -2.07. The molecule has 0 atom stereocenters. The van der Waals surface area contributed by atoms with Gasteiger partial charge in [-0.2, -0.15) is 0 Å². The fraction of sp³-hybridized carbons (Fsp3) is 0.167. The first-order valence-electron chi connectivity index (χ1n) is 5.79. The van der Waals surface area contributed by atoms with Gasteiger partial charge < -0.3 is 9.88 Å². The van der Waals surface area contributed by atoms with E-state index in [0.29, 0.717) is 12.2 Å². The average molecular weight is 295 g/mol. The van der Waals surface area contributed by atoms with E-state index in [-0.39, 0.29) is 16.5 Å². The number of aryl methyl sites for hydroxylation is 1. The SMILES string of the molecule is CCn1cc([N+](=O)[O-])cc1C(=O)Nc1cccnc1Cl. The van der Waals surface area contributed by atoms with E-state index in [2.05, 4.69) is 10.3 Å². The molecule has 1 N–H and O–H groups in total. The van der Waals surface area contributed by atoms with Crippen molar-refractivity contribution in [2.45, 2.75) is 13.5 Å². The number of nitrogens with one attached hydrogen (secondary N) is 1. The number of nitrogens with zero attached hydrogens (tertiary/aromatic N) is 3. The van der Waals surface area contributed by atoms with Gasteiger partial charge in [-0.15, -0.1) is 0 Å². The van der Waals surface area contributed by atoms with Crippen molar-refractivity contribution in [3.63, 3.8) is 0 Å². The lowest BCUT2D eigenvalue weighted by Crippen LogP contribution is -2.16. The fourth-order valence-corrected chi connectivity index (χ4v) is 1.88.